The van der Waals surface area contributed by atoms with Gasteiger partial charge in [-0.3, -0.25) is 15.0 Å². The van der Waals surface area contributed by atoms with Gasteiger partial charge >= 0.3 is 0 Å². The summed E-state index contributed by atoms with van der Waals surface area (Å²) >= 11 is 1.41. The fraction of sp³-hybridized carbons (Fsp3) is 0.471. The molecule has 5 nitrogen and oxygen atoms in total. The number of aryl methyl sites for hydroxylation is 1. The van der Waals surface area contributed by atoms with Crippen LogP contribution in [-0.4, -0.2) is 40.6 Å². The number of hydrogen-bond acceptors (Lipinski definition) is 5. The van der Waals surface area contributed by atoms with Crippen molar-refractivity contribution in [2.45, 2.75) is 26.2 Å². The predicted molar refractivity (Wildman–Crippen MR) is 92.6 cm³/mol. The van der Waals surface area contributed by atoms with Crippen LogP contribution in [0.5, 0.6) is 0 Å². The van der Waals surface area contributed by atoms with Gasteiger partial charge in [0.05, 0.1) is 6.54 Å². The highest BCUT2D eigenvalue weighted by atomic mass is 32.1. The zero-order chi connectivity index (χ0) is 16.1. The summed E-state index contributed by atoms with van der Waals surface area (Å²) in [6.07, 6.45) is 3.45. The molecule has 0 unspecified atom stereocenters. The van der Waals surface area contributed by atoms with E-state index in [0.717, 1.165) is 43.3 Å². The molecular formula is C17H22N4OS. The van der Waals surface area contributed by atoms with Crippen molar-refractivity contribution < 1.29 is 4.79 Å². The Labute approximate surface area is 140 Å². The van der Waals surface area contributed by atoms with Crippen molar-refractivity contribution in [3.8, 4) is 0 Å². The molecule has 0 aliphatic carbocycles. The molecule has 23 heavy (non-hydrogen) atoms. The van der Waals surface area contributed by atoms with Gasteiger partial charge in [0.25, 0.3) is 0 Å². The lowest BCUT2D eigenvalue weighted by molar-refractivity contribution is -0.117. The maximum Gasteiger partial charge on any atom is 0.240 e. The maximum absolute atomic E-state index is 12.0. The molecule has 6 heteroatoms. The second kappa shape index (κ2) is 7.66. The number of benzene rings is 1. The second-order valence-corrected chi connectivity index (χ2v) is 7.27. The summed E-state index contributed by atoms with van der Waals surface area (Å²) in [4.78, 5) is 14.3. The van der Waals surface area contributed by atoms with Gasteiger partial charge in [0.15, 0.2) is 0 Å². The quantitative estimate of drug-likeness (QED) is 0.916. The molecule has 1 fully saturated rings. The van der Waals surface area contributed by atoms with Crippen molar-refractivity contribution in [3.63, 3.8) is 0 Å². The minimum atomic E-state index is 0.00246. The van der Waals surface area contributed by atoms with Gasteiger partial charge in [0.2, 0.25) is 11.0 Å². The summed E-state index contributed by atoms with van der Waals surface area (Å²) in [5, 5.41) is 12.1. The SMILES string of the molecule is Cc1nnc(NC(=O)CN2CCC(Cc3ccccc3)CC2)s1. The van der Waals surface area contributed by atoms with Crippen LogP contribution in [0, 0.1) is 12.8 Å². The molecule has 1 aliphatic heterocycles. The Bertz CT molecular complexity index is 635. The van der Waals surface area contributed by atoms with Crippen LogP contribution < -0.4 is 5.32 Å². The van der Waals surface area contributed by atoms with E-state index in [9.17, 15) is 4.79 Å². The van der Waals surface area contributed by atoms with Crippen molar-refractivity contribution in [2.24, 2.45) is 5.92 Å². The van der Waals surface area contributed by atoms with Gasteiger partial charge in [0, 0.05) is 0 Å². The molecule has 3 rings (SSSR count). The van der Waals surface area contributed by atoms with E-state index in [0.29, 0.717) is 11.7 Å². The molecule has 1 N–H and O–H groups in total. The molecule has 1 saturated heterocycles. The Kier molecular flexibility index (Phi) is 5.35. The fourth-order valence-electron chi connectivity index (χ4n) is 3.01. The molecule has 1 aromatic carbocycles. The van der Waals surface area contributed by atoms with E-state index >= 15 is 0 Å². The van der Waals surface area contributed by atoms with Crippen LogP contribution in [-0.2, 0) is 11.2 Å². The number of nitrogens with one attached hydrogen (secondary N) is 1. The number of likely N-dealkylation sites (tertiary alicyclic amines) is 1. The predicted octanol–water partition coefficient (Wildman–Crippen LogP) is 2.74. The van der Waals surface area contributed by atoms with Gasteiger partial charge in [-0.2, -0.15) is 0 Å². The summed E-state index contributed by atoms with van der Waals surface area (Å²) < 4.78 is 0. The molecule has 1 aromatic heterocycles. The fourth-order valence-corrected chi connectivity index (χ4v) is 3.61. The third kappa shape index (κ3) is 4.84. The monoisotopic (exact) mass is 330 g/mol. The van der Waals surface area contributed by atoms with Gasteiger partial charge < -0.3 is 0 Å². The van der Waals surface area contributed by atoms with Gasteiger partial charge in [0.1, 0.15) is 5.01 Å². The van der Waals surface area contributed by atoms with Crippen LogP contribution in [0.2, 0.25) is 0 Å². The van der Waals surface area contributed by atoms with Crippen LogP contribution >= 0.6 is 11.3 Å². The highest BCUT2D eigenvalue weighted by molar-refractivity contribution is 7.15. The molecule has 0 bridgehead atoms. The average Bonchev–Trinajstić information content (AvgIpc) is 2.95. The Morgan fingerprint density at radius 2 is 2.00 bits per heavy atom. The summed E-state index contributed by atoms with van der Waals surface area (Å²) in [6.45, 7) is 4.29. The first-order valence-corrected chi connectivity index (χ1v) is 8.87. The number of carbonyl (C=O) groups excluding carboxylic acids is 1. The van der Waals surface area contributed by atoms with Gasteiger partial charge in [-0.25, -0.2) is 0 Å². The molecule has 2 heterocycles. The number of hydrogen-bond donors (Lipinski definition) is 1. The molecule has 0 radical (unpaired) electrons. The lowest BCUT2D eigenvalue weighted by Gasteiger charge is -2.31. The number of amides is 1. The van der Waals surface area contributed by atoms with Crippen molar-refractivity contribution in [3.05, 3.63) is 40.9 Å². The Hall–Kier alpha value is -1.79. The van der Waals surface area contributed by atoms with Crippen LogP contribution in [0.4, 0.5) is 5.13 Å². The third-order valence-electron chi connectivity index (χ3n) is 4.21. The summed E-state index contributed by atoms with van der Waals surface area (Å²) in [5.41, 5.74) is 1.41. The number of aromatic nitrogens is 2. The lowest BCUT2D eigenvalue weighted by Crippen LogP contribution is -2.39. The third-order valence-corrected chi connectivity index (χ3v) is 4.97. The van der Waals surface area contributed by atoms with Crippen molar-refractivity contribution in [2.75, 3.05) is 25.0 Å². The average molecular weight is 330 g/mol. The van der Waals surface area contributed by atoms with E-state index in [1.807, 2.05) is 6.92 Å². The van der Waals surface area contributed by atoms with E-state index in [-0.39, 0.29) is 5.91 Å². The second-order valence-electron chi connectivity index (χ2n) is 6.08. The van der Waals surface area contributed by atoms with E-state index in [1.165, 1.54) is 16.9 Å². The highest BCUT2D eigenvalue weighted by Crippen LogP contribution is 2.21. The maximum atomic E-state index is 12.0. The molecule has 0 spiro atoms. The first-order chi connectivity index (χ1) is 11.2. The van der Waals surface area contributed by atoms with E-state index in [1.54, 1.807) is 0 Å². The smallest absolute Gasteiger partial charge is 0.240 e. The number of anilines is 1. The first kappa shape index (κ1) is 16.1. The zero-order valence-electron chi connectivity index (χ0n) is 13.4. The van der Waals surface area contributed by atoms with Gasteiger partial charge in [-0.05, 0) is 50.8 Å². The van der Waals surface area contributed by atoms with Crippen molar-refractivity contribution in [1.29, 1.82) is 0 Å². The number of rotatable bonds is 5. The Morgan fingerprint density at radius 1 is 1.26 bits per heavy atom. The summed E-state index contributed by atoms with van der Waals surface area (Å²) in [7, 11) is 0. The van der Waals surface area contributed by atoms with Crippen LogP contribution in [0.15, 0.2) is 30.3 Å². The minimum Gasteiger partial charge on any atom is -0.299 e. The number of nitrogens with zero attached hydrogens (tertiary/aromatic N) is 3. The van der Waals surface area contributed by atoms with E-state index < -0.39 is 0 Å². The van der Waals surface area contributed by atoms with E-state index in [2.05, 4.69) is 50.7 Å². The van der Waals surface area contributed by atoms with Crippen LogP contribution in [0.1, 0.15) is 23.4 Å². The van der Waals surface area contributed by atoms with Crippen molar-refractivity contribution in [1.82, 2.24) is 15.1 Å². The largest absolute Gasteiger partial charge is 0.299 e. The molecule has 122 valence electrons. The Morgan fingerprint density at radius 3 is 2.65 bits per heavy atom. The normalized spacial score (nSPS) is 16.4. The topological polar surface area (TPSA) is 58.1 Å². The molecule has 2 aromatic rings. The van der Waals surface area contributed by atoms with Gasteiger partial charge in [-0.1, -0.05) is 41.7 Å². The number of carbonyl (C=O) groups is 1. The minimum absolute atomic E-state index is 0.00246. The zero-order valence-corrected chi connectivity index (χ0v) is 14.2. The van der Waals surface area contributed by atoms with Crippen molar-refractivity contribution >= 4 is 22.4 Å². The Balaban J connectivity index is 1.41. The van der Waals surface area contributed by atoms with E-state index in [4.69, 9.17) is 0 Å². The summed E-state index contributed by atoms with van der Waals surface area (Å²) in [5.74, 6) is 0.727. The first-order valence-electron chi connectivity index (χ1n) is 8.05. The van der Waals surface area contributed by atoms with Crippen LogP contribution in [0.3, 0.4) is 0 Å². The molecule has 1 amide bonds. The molecule has 0 atom stereocenters. The molecular weight excluding hydrogens is 308 g/mol. The summed E-state index contributed by atoms with van der Waals surface area (Å²) in [6, 6.07) is 10.7. The standard InChI is InChI=1S/C17H22N4OS/c1-13-19-20-17(23-13)18-16(22)12-21-9-7-15(8-10-21)11-14-5-3-2-4-6-14/h2-6,15H,7-12H2,1H3,(H,18,20,22). The number of piperidine rings is 1. The van der Waals surface area contributed by atoms with Crippen LogP contribution in [0.25, 0.3) is 0 Å². The van der Waals surface area contributed by atoms with Gasteiger partial charge in [-0.15, -0.1) is 10.2 Å². The highest BCUT2D eigenvalue weighted by Gasteiger charge is 2.21. The molecule has 1 aliphatic rings. The lowest BCUT2D eigenvalue weighted by atomic mass is 9.90. The molecule has 0 saturated carbocycles.